The summed E-state index contributed by atoms with van der Waals surface area (Å²) in [5.74, 6) is 0.122. The lowest BCUT2D eigenvalue weighted by atomic mass is 10.2. The van der Waals surface area contributed by atoms with Crippen molar-refractivity contribution in [3.63, 3.8) is 0 Å². The molecule has 25 heavy (non-hydrogen) atoms. The largest absolute Gasteiger partial charge is 0.331 e. The van der Waals surface area contributed by atoms with Crippen LogP contribution in [0.4, 0.5) is 16.2 Å². The zero-order chi connectivity index (χ0) is 17.8. The summed E-state index contributed by atoms with van der Waals surface area (Å²) < 4.78 is 0. The summed E-state index contributed by atoms with van der Waals surface area (Å²) in [7, 11) is 0. The normalized spacial score (nSPS) is 17.0. The molecule has 0 bridgehead atoms. The number of rotatable bonds is 5. The second-order valence-electron chi connectivity index (χ2n) is 5.95. The Balaban J connectivity index is 1.59. The molecule has 1 aromatic carbocycles. The van der Waals surface area contributed by atoms with E-state index in [2.05, 4.69) is 20.8 Å². The highest BCUT2D eigenvalue weighted by Crippen LogP contribution is 2.28. The topological polar surface area (TPSA) is 87.2 Å². The Morgan fingerprint density at radius 3 is 2.84 bits per heavy atom. The molecule has 2 aromatic rings. The molecule has 0 radical (unpaired) electrons. The van der Waals surface area contributed by atoms with Crippen molar-refractivity contribution in [3.8, 4) is 0 Å². The predicted octanol–water partition coefficient (Wildman–Crippen LogP) is 2.94. The first-order valence-electron chi connectivity index (χ1n) is 8.35. The molecule has 1 aliphatic rings. The van der Waals surface area contributed by atoms with Crippen LogP contribution in [-0.4, -0.2) is 28.2 Å². The maximum atomic E-state index is 12.1. The summed E-state index contributed by atoms with van der Waals surface area (Å²) in [6, 6.07) is 7.21. The SMILES string of the molecule is CCc1nnc(CNC(=O)Nc2cccc(N3C(=O)CCC3C)c2)s1. The lowest BCUT2D eigenvalue weighted by Crippen LogP contribution is -2.31. The molecule has 1 unspecified atom stereocenters. The number of hydrogen-bond donors (Lipinski definition) is 2. The number of aryl methyl sites for hydroxylation is 1. The lowest BCUT2D eigenvalue weighted by molar-refractivity contribution is -0.117. The molecule has 0 spiro atoms. The summed E-state index contributed by atoms with van der Waals surface area (Å²) in [6.07, 6.45) is 2.27. The highest BCUT2D eigenvalue weighted by Gasteiger charge is 2.28. The third-order valence-electron chi connectivity index (χ3n) is 4.08. The predicted molar refractivity (Wildman–Crippen MR) is 97.8 cm³/mol. The first kappa shape index (κ1) is 17.3. The molecule has 7 nitrogen and oxygen atoms in total. The Kier molecular flexibility index (Phi) is 5.28. The Labute approximate surface area is 150 Å². The van der Waals surface area contributed by atoms with Crippen LogP contribution in [0.3, 0.4) is 0 Å². The van der Waals surface area contributed by atoms with E-state index in [-0.39, 0.29) is 18.0 Å². The van der Waals surface area contributed by atoms with Crippen LogP contribution in [0.2, 0.25) is 0 Å². The number of benzene rings is 1. The van der Waals surface area contributed by atoms with Gasteiger partial charge in [-0.1, -0.05) is 24.3 Å². The van der Waals surface area contributed by atoms with Crippen molar-refractivity contribution in [2.45, 2.75) is 45.7 Å². The minimum Gasteiger partial charge on any atom is -0.331 e. The van der Waals surface area contributed by atoms with Crippen molar-refractivity contribution in [1.82, 2.24) is 15.5 Å². The number of urea groups is 1. The van der Waals surface area contributed by atoms with Gasteiger partial charge in [0.1, 0.15) is 10.0 Å². The van der Waals surface area contributed by atoms with E-state index >= 15 is 0 Å². The van der Waals surface area contributed by atoms with Crippen LogP contribution in [0, 0.1) is 0 Å². The van der Waals surface area contributed by atoms with Gasteiger partial charge in [0, 0.05) is 23.8 Å². The lowest BCUT2D eigenvalue weighted by Gasteiger charge is -2.22. The molecule has 1 aromatic heterocycles. The Morgan fingerprint density at radius 2 is 2.16 bits per heavy atom. The van der Waals surface area contributed by atoms with E-state index in [4.69, 9.17) is 0 Å². The number of nitrogens with one attached hydrogen (secondary N) is 2. The molecule has 2 heterocycles. The molecule has 0 saturated carbocycles. The van der Waals surface area contributed by atoms with Crippen LogP contribution in [0.5, 0.6) is 0 Å². The van der Waals surface area contributed by atoms with E-state index in [9.17, 15) is 9.59 Å². The summed E-state index contributed by atoms with van der Waals surface area (Å²) in [5.41, 5.74) is 1.46. The second-order valence-corrected chi connectivity index (χ2v) is 7.10. The van der Waals surface area contributed by atoms with Gasteiger partial charge < -0.3 is 15.5 Å². The molecular formula is C17H21N5O2S. The number of carbonyl (C=O) groups excluding carboxylic acids is 2. The van der Waals surface area contributed by atoms with Crippen molar-refractivity contribution in [2.75, 3.05) is 10.2 Å². The quantitative estimate of drug-likeness (QED) is 0.859. The summed E-state index contributed by atoms with van der Waals surface area (Å²) >= 11 is 1.49. The van der Waals surface area contributed by atoms with E-state index in [0.29, 0.717) is 18.7 Å². The molecule has 132 valence electrons. The fourth-order valence-corrected chi connectivity index (χ4v) is 3.52. The third-order valence-corrected chi connectivity index (χ3v) is 5.15. The first-order valence-corrected chi connectivity index (χ1v) is 9.16. The van der Waals surface area contributed by atoms with Gasteiger partial charge in [-0.15, -0.1) is 10.2 Å². The Bertz CT molecular complexity index is 776. The van der Waals surface area contributed by atoms with Gasteiger partial charge in [-0.2, -0.15) is 0 Å². The fraction of sp³-hybridized carbons (Fsp3) is 0.412. The molecule has 1 saturated heterocycles. The molecule has 2 N–H and O–H groups in total. The van der Waals surface area contributed by atoms with Crippen molar-refractivity contribution in [1.29, 1.82) is 0 Å². The number of aromatic nitrogens is 2. The molecule has 3 rings (SSSR count). The van der Waals surface area contributed by atoms with E-state index in [1.165, 1.54) is 11.3 Å². The molecular weight excluding hydrogens is 338 g/mol. The molecule has 1 atom stereocenters. The van der Waals surface area contributed by atoms with Gasteiger partial charge in [0.15, 0.2) is 0 Å². The van der Waals surface area contributed by atoms with Crippen LogP contribution in [0.15, 0.2) is 24.3 Å². The average Bonchev–Trinajstić information content (AvgIpc) is 3.19. The minimum absolute atomic E-state index is 0.122. The van der Waals surface area contributed by atoms with Gasteiger partial charge in [0.2, 0.25) is 5.91 Å². The van der Waals surface area contributed by atoms with E-state index in [1.54, 1.807) is 11.0 Å². The van der Waals surface area contributed by atoms with E-state index in [1.807, 2.05) is 32.0 Å². The van der Waals surface area contributed by atoms with Gasteiger partial charge in [0.25, 0.3) is 0 Å². The number of amides is 3. The fourth-order valence-electron chi connectivity index (χ4n) is 2.79. The van der Waals surface area contributed by atoms with Gasteiger partial charge in [-0.3, -0.25) is 4.79 Å². The monoisotopic (exact) mass is 359 g/mol. The van der Waals surface area contributed by atoms with Crippen LogP contribution < -0.4 is 15.5 Å². The molecule has 0 aliphatic carbocycles. The molecule has 8 heteroatoms. The zero-order valence-electron chi connectivity index (χ0n) is 14.3. The molecule has 3 amide bonds. The second kappa shape index (κ2) is 7.60. The summed E-state index contributed by atoms with van der Waals surface area (Å²) in [4.78, 5) is 25.9. The minimum atomic E-state index is -0.314. The van der Waals surface area contributed by atoms with E-state index in [0.717, 1.165) is 28.5 Å². The van der Waals surface area contributed by atoms with E-state index < -0.39 is 0 Å². The highest BCUT2D eigenvalue weighted by molar-refractivity contribution is 7.11. The van der Waals surface area contributed by atoms with Crippen molar-refractivity contribution >= 4 is 34.6 Å². The van der Waals surface area contributed by atoms with Crippen molar-refractivity contribution < 1.29 is 9.59 Å². The average molecular weight is 359 g/mol. The first-order chi connectivity index (χ1) is 12.1. The van der Waals surface area contributed by atoms with Crippen LogP contribution in [0.25, 0.3) is 0 Å². The number of hydrogen-bond acceptors (Lipinski definition) is 5. The smallest absolute Gasteiger partial charge is 0.319 e. The number of carbonyl (C=O) groups is 2. The van der Waals surface area contributed by atoms with Crippen molar-refractivity contribution in [2.24, 2.45) is 0 Å². The molecule has 1 fully saturated rings. The van der Waals surface area contributed by atoms with Crippen LogP contribution in [-0.2, 0) is 17.8 Å². The maximum absolute atomic E-state index is 12.1. The number of nitrogens with zero attached hydrogens (tertiary/aromatic N) is 3. The van der Waals surface area contributed by atoms with Gasteiger partial charge >= 0.3 is 6.03 Å². The van der Waals surface area contributed by atoms with Gasteiger partial charge in [-0.25, -0.2) is 4.79 Å². The highest BCUT2D eigenvalue weighted by atomic mass is 32.1. The zero-order valence-corrected chi connectivity index (χ0v) is 15.1. The Hall–Kier alpha value is -2.48. The van der Waals surface area contributed by atoms with Gasteiger partial charge in [-0.05, 0) is 38.0 Å². The Morgan fingerprint density at radius 1 is 1.36 bits per heavy atom. The van der Waals surface area contributed by atoms with Crippen LogP contribution in [0.1, 0.15) is 36.7 Å². The maximum Gasteiger partial charge on any atom is 0.319 e. The molecule has 1 aliphatic heterocycles. The summed E-state index contributed by atoms with van der Waals surface area (Å²) in [5, 5.41) is 15.3. The standard InChI is InChI=1S/C17H21N5O2S/c1-3-14-20-21-15(25-14)10-18-17(24)19-12-5-4-6-13(9-12)22-11(2)7-8-16(22)23/h4-6,9,11H,3,7-8,10H2,1-2H3,(H2,18,19,24). The summed E-state index contributed by atoms with van der Waals surface area (Å²) in [6.45, 7) is 4.39. The third kappa shape index (κ3) is 4.14. The van der Waals surface area contributed by atoms with Crippen LogP contribution >= 0.6 is 11.3 Å². The van der Waals surface area contributed by atoms with Crippen molar-refractivity contribution in [3.05, 3.63) is 34.3 Å². The number of anilines is 2. The van der Waals surface area contributed by atoms with Gasteiger partial charge in [0.05, 0.1) is 6.54 Å².